The molecule has 0 radical (unpaired) electrons. The van der Waals surface area contributed by atoms with Crippen molar-refractivity contribution in [1.29, 1.82) is 0 Å². The van der Waals surface area contributed by atoms with E-state index in [1.807, 2.05) is 0 Å². The molecule has 0 saturated carbocycles. The minimum Gasteiger partial charge on any atom is -0.485 e. The number of nitrogens with zero attached hydrogens (tertiary/aromatic N) is 2. The Morgan fingerprint density at radius 2 is 1.88 bits per heavy atom. The average molecular weight is 352 g/mol. The zero-order valence-electron chi connectivity index (χ0n) is 13.9. The molecule has 0 unspecified atom stereocenters. The van der Waals surface area contributed by atoms with E-state index in [0.29, 0.717) is 16.8 Å². The maximum atomic E-state index is 14.2. The number of rotatable bonds is 2. The first-order valence-corrected chi connectivity index (χ1v) is 7.77. The van der Waals surface area contributed by atoms with Crippen LogP contribution in [0, 0.1) is 18.6 Å². The summed E-state index contributed by atoms with van der Waals surface area (Å²) in [5.41, 5.74) is 1.02. The summed E-state index contributed by atoms with van der Waals surface area (Å²) in [5, 5.41) is 0. The van der Waals surface area contributed by atoms with Crippen LogP contribution in [0.1, 0.15) is 42.7 Å². The smallest absolute Gasteiger partial charge is 0.280 e. The van der Waals surface area contributed by atoms with Crippen molar-refractivity contribution >= 4 is 5.71 Å². The summed E-state index contributed by atoms with van der Waals surface area (Å²) in [5.74, 6) is -2.35. The van der Waals surface area contributed by atoms with E-state index in [0.717, 1.165) is 6.07 Å². The minimum absolute atomic E-state index is 0.230. The lowest BCUT2D eigenvalue weighted by molar-refractivity contribution is 0.145. The van der Waals surface area contributed by atoms with Gasteiger partial charge in [-0.25, -0.2) is 13.2 Å². The molecule has 0 spiro atoms. The van der Waals surface area contributed by atoms with Crippen LogP contribution in [0.2, 0.25) is 0 Å². The van der Waals surface area contributed by atoms with Gasteiger partial charge in [-0.1, -0.05) is 0 Å². The van der Waals surface area contributed by atoms with E-state index in [-0.39, 0.29) is 23.0 Å². The van der Waals surface area contributed by atoms with Crippen molar-refractivity contribution in [2.75, 3.05) is 0 Å². The number of aliphatic imine (C=N–C) groups is 1. The third kappa shape index (κ3) is 3.10. The second-order valence-electron chi connectivity index (χ2n) is 6.01. The number of alkyl halides is 2. The van der Waals surface area contributed by atoms with Gasteiger partial charge in [0.05, 0.1) is 11.8 Å². The molecule has 1 aromatic carbocycles. The van der Waals surface area contributed by atoms with Crippen LogP contribution in [0.15, 0.2) is 29.4 Å². The predicted molar refractivity (Wildman–Crippen MR) is 85.5 cm³/mol. The van der Waals surface area contributed by atoms with Gasteiger partial charge in [0.25, 0.3) is 6.43 Å². The molecule has 3 rings (SSSR count). The quantitative estimate of drug-likeness (QED) is 0.740. The maximum Gasteiger partial charge on any atom is 0.280 e. The Bertz CT molecular complexity index is 851. The lowest BCUT2D eigenvalue weighted by Crippen LogP contribution is -2.24. The molecule has 132 valence electrons. The van der Waals surface area contributed by atoms with Gasteiger partial charge in [-0.3, -0.25) is 9.98 Å². The van der Waals surface area contributed by atoms with E-state index in [4.69, 9.17) is 4.74 Å². The molecule has 0 N–H and O–H groups in total. The Morgan fingerprint density at radius 3 is 2.52 bits per heavy atom. The van der Waals surface area contributed by atoms with Crippen LogP contribution in [0.3, 0.4) is 0 Å². The van der Waals surface area contributed by atoms with Crippen LogP contribution in [-0.4, -0.2) is 22.8 Å². The van der Waals surface area contributed by atoms with E-state index in [1.54, 1.807) is 13.8 Å². The Kier molecular flexibility index (Phi) is 4.49. The first kappa shape index (κ1) is 17.4. The highest BCUT2D eigenvalue weighted by Crippen LogP contribution is 2.32. The Morgan fingerprint density at radius 1 is 1.16 bits per heavy atom. The van der Waals surface area contributed by atoms with Crippen LogP contribution >= 0.6 is 0 Å². The van der Waals surface area contributed by atoms with E-state index in [2.05, 4.69) is 9.98 Å². The highest BCUT2D eigenvalue weighted by Gasteiger charge is 2.28. The van der Waals surface area contributed by atoms with Gasteiger partial charge in [0.1, 0.15) is 11.8 Å². The van der Waals surface area contributed by atoms with Gasteiger partial charge in [-0.2, -0.15) is 4.39 Å². The number of hydrogen-bond acceptors (Lipinski definition) is 3. The number of fused-ring (bicyclic) bond motifs is 1. The molecule has 2 atom stereocenters. The Labute approximate surface area is 142 Å². The zero-order valence-corrected chi connectivity index (χ0v) is 13.9. The third-order valence-corrected chi connectivity index (χ3v) is 4.22. The van der Waals surface area contributed by atoms with Gasteiger partial charge in [0.2, 0.25) is 5.82 Å². The fourth-order valence-corrected chi connectivity index (χ4v) is 2.67. The maximum absolute atomic E-state index is 14.2. The first-order chi connectivity index (χ1) is 11.8. The van der Waals surface area contributed by atoms with Crippen LogP contribution in [-0.2, 0) is 0 Å². The zero-order chi connectivity index (χ0) is 18.3. The van der Waals surface area contributed by atoms with Crippen LogP contribution in [0.25, 0.3) is 0 Å². The molecule has 3 nitrogen and oxygen atoms in total. The van der Waals surface area contributed by atoms with Crippen molar-refractivity contribution in [3.63, 3.8) is 0 Å². The van der Waals surface area contributed by atoms with Crippen LogP contribution in [0.4, 0.5) is 17.6 Å². The summed E-state index contributed by atoms with van der Waals surface area (Å²) in [6.45, 7) is 5.00. The number of aromatic nitrogens is 1. The van der Waals surface area contributed by atoms with Gasteiger partial charge in [-0.05, 0) is 44.5 Å². The van der Waals surface area contributed by atoms with E-state index < -0.39 is 24.2 Å². The first-order valence-electron chi connectivity index (χ1n) is 7.77. The molecular weight excluding hydrogens is 336 g/mol. The highest BCUT2D eigenvalue weighted by molar-refractivity contribution is 6.14. The van der Waals surface area contributed by atoms with Gasteiger partial charge in [-0.15, -0.1) is 0 Å². The molecule has 0 fully saturated rings. The van der Waals surface area contributed by atoms with Crippen molar-refractivity contribution in [1.82, 2.24) is 4.98 Å². The number of pyridine rings is 1. The topological polar surface area (TPSA) is 34.5 Å². The molecule has 0 aliphatic carbocycles. The summed E-state index contributed by atoms with van der Waals surface area (Å²) in [7, 11) is 0. The summed E-state index contributed by atoms with van der Waals surface area (Å²) >= 11 is 0. The highest BCUT2D eigenvalue weighted by atomic mass is 19.3. The summed E-state index contributed by atoms with van der Waals surface area (Å²) < 4.78 is 59.2. The molecule has 0 saturated heterocycles. The second kappa shape index (κ2) is 6.46. The molecule has 1 aromatic heterocycles. The number of aryl methyl sites for hydroxylation is 1. The Hall–Kier alpha value is -2.44. The van der Waals surface area contributed by atoms with Gasteiger partial charge in [0, 0.05) is 17.3 Å². The fourth-order valence-electron chi connectivity index (χ4n) is 2.67. The van der Waals surface area contributed by atoms with E-state index in [1.165, 1.54) is 25.3 Å². The average Bonchev–Trinajstić information content (AvgIpc) is 2.68. The number of ether oxygens (including phenoxy) is 1. The normalized spacial score (nSPS) is 19.9. The monoisotopic (exact) mass is 352 g/mol. The molecule has 25 heavy (non-hydrogen) atoms. The molecule has 0 amide bonds. The molecular formula is C18H16F4N2O. The lowest BCUT2D eigenvalue weighted by atomic mass is 10.0. The minimum atomic E-state index is -2.69. The van der Waals surface area contributed by atoms with Crippen molar-refractivity contribution in [2.24, 2.45) is 4.99 Å². The molecule has 1 aliphatic rings. The van der Waals surface area contributed by atoms with Crippen molar-refractivity contribution < 1.29 is 22.3 Å². The molecule has 2 aromatic rings. The summed E-state index contributed by atoms with van der Waals surface area (Å²) in [4.78, 5) is 8.33. The predicted octanol–water partition coefficient (Wildman–Crippen LogP) is 4.61. The van der Waals surface area contributed by atoms with Crippen LogP contribution < -0.4 is 4.74 Å². The SMILES string of the molecule is Cc1cc(C2=N[C@@H](C)[C@@H](C)Oc3c2ccc(F)c3F)cnc1C(F)F. The van der Waals surface area contributed by atoms with Gasteiger partial charge >= 0.3 is 0 Å². The van der Waals surface area contributed by atoms with E-state index in [9.17, 15) is 17.6 Å². The fraction of sp³-hybridized carbons (Fsp3) is 0.333. The molecule has 0 bridgehead atoms. The largest absolute Gasteiger partial charge is 0.485 e. The molecule has 7 heteroatoms. The summed E-state index contributed by atoms with van der Waals surface area (Å²) in [6, 6.07) is 3.52. The third-order valence-electron chi connectivity index (χ3n) is 4.22. The van der Waals surface area contributed by atoms with Crippen molar-refractivity contribution in [3.8, 4) is 5.75 Å². The standard InChI is InChI=1S/C18H16F4N2O/c1-8-6-11(7-23-15(8)18(21)22)16-12-4-5-13(19)14(20)17(12)25-10(3)9(2)24-16/h4-7,9-10,18H,1-3H3/t9-,10+/m0/s1. The van der Waals surface area contributed by atoms with Crippen molar-refractivity contribution in [2.45, 2.75) is 39.3 Å². The number of benzene rings is 1. The number of halogens is 4. The summed E-state index contributed by atoms with van der Waals surface area (Å²) in [6.07, 6.45) is -1.91. The second-order valence-corrected chi connectivity index (χ2v) is 6.01. The van der Waals surface area contributed by atoms with Crippen molar-refractivity contribution in [3.05, 3.63) is 58.4 Å². The molecule has 1 aliphatic heterocycles. The van der Waals surface area contributed by atoms with Gasteiger partial charge < -0.3 is 4.74 Å². The number of hydrogen-bond donors (Lipinski definition) is 0. The lowest BCUT2D eigenvalue weighted by Gasteiger charge is -2.16. The molecule has 2 heterocycles. The Balaban J connectivity index is 2.20. The van der Waals surface area contributed by atoms with Crippen LogP contribution in [0.5, 0.6) is 5.75 Å². The van der Waals surface area contributed by atoms with Gasteiger partial charge in [0.15, 0.2) is 11.6 Å². The van der Waals surface area contributed by atoms with E-state index >= 15 is 0 Å².